The molecule has 0 bridgehead atoms. The number of hydrogen-bond acceptors (Lipinski definition) is 10. The van der Waals surface area contributed by atoms with Gasteiger partial charge in [-0.2, -0.15) is 0 Å². The standard InChI is InChI=1S/C12H23NO4Si.C11H21NO4Si.C6H9NO3/c1-16-12(15)10-7-11(14)13(8-10)9-17-5-6-18(2,3)4;1-17(2,3)5-4-16-8-12-7-9(11(14)15)6-10(12)13;1-10-6(9)4-2-5(8)7-3-4/h10H,5-9H2,1-4H3;9H,4-8H2,1-3H3,(H,14,15);4H,2-3H2,1H3,(H,7,8). The average molecular weight is 676 g/mol. The van der Waals surface area contributed by atoms with Crippen molar-refractivity contribution >= 4 is 51.8 Å². The van der Waals surface area contributed by atoms with Crippen molar-refractivity contribution in [2.24, 2.45) is 17.8 Å². The SMILES string of the molecule is COC(=O)C1CC(=O)N(COCC[Si](C)(C)C)C1.COC(=O)C1CNC(=O)C1.C[Si](C)(C)CCOCN1CC(C(=O)O)CC1=O. The first-order valence-electron chi connectivity index (χ1n) is 15.2. The first kappa shape index (κ1) is 40.2. The van der Waals surface area contributed by atoms with Crippen LogP contribution in [-0.4, -0.2) is 127 Å². The quantitative estimate of drug-likeness (QED) is 0.165. The van der Waals surface area contributed by atoms with Crippen molar-refractivity contribution in [2.75, 3.05) is 60.5 Å². The highest BCUT2D eigenvalue weighted by atomic mass is 28.3. The normalized spacial score (nSPS) is 21.4. The van der Waals surface area contributed by atoms with Crippen molar-refractivity contribution in [2.45, 2.75) is 70.6 Å². The lowest BCUT2D eigenvalue weighted by molar-refractivity contribution is -0.145. The van der Waals surface area contributed by atoms with Crippen LogP contribution in [0.2, 0.25) is 51.4 Å². The lowest BCUT2D eigenvalue weighted by Gasteiger charge is -2.19. The van der Waals surface area contributed by atoms with Gasteiger partial charge < -0.3 is 39.2 Å². The molecule has 3 heterocycles. The van der Waals surface area contributed by atoms with Crippen molar-refractivity contribution in [1.82, 2.24) is 15.1 Å². The van der Waals surface area contributed by atoms with Gasteiger partial charge in [-0.1, -0.05) is 39.3 Å². The van der Waals surface area contributed by atoms with Crippen LogP contribution in [0.1, 0.15) is 19.3 Å². The molecule has 3 aliphatic rings. The number of carboxylic acid groups (broad SMARTS) is 1. The third kappa shape index (κ3) is 16.3. The Balaban J connectivity index is 0.000000351. The van der Waals surface area contributed by atoms with E-state index in [1.165, 1.54) is 19.1 Å². The van der Waals surface area contributed by atoms with Gasteiger partial charge in [0.25, 0.3) is 0 Å². The molecule has 0 radical (unpaired) electrons. The zero-order valence-electron chi connectivity index (χ0n) is 28.1. The number of nitrogens with zero attached hydrogens (tertiary/aromatic N) is 2. The van der Waals surface area contributed by atoms with Gasteiger partial charge in [-0.25, -0.2) is 0 Å². The number of nitrogens with one attached hydrogen (secondary N) is 1. The molecule has 0 aromatic carbocycles. The molecule has 3 rings (SSSR count). The van der Waals surface area contributed by atoms with Gasteiger partial charge >= 0.3 is 17.9 Å². The highest BCUT2D eigenvalue weighted by molar-refractivity contribution is 6.76. The maximum Gasteiger partial charge on any atom is 0.310 e. The summed E-state index contributed by atoms with van der Waals surface area (Å²) in [5, 5.41) is 11.4. The molecule has 2 N–H and O–H groups in total. The summed E-state index contributed by atoms with van der Waals surface area (Å²) in [7, 11) is 0.476. The molecule has 3 saturated heterocycles. The largest absolute Gasteiger partial charge is 0.481 e. The number of ether oxygens (including phenoxy) is 4. The minimum atomic E-state index is -1.10. The van der Waals surface area contributed by atoms with Gasteiger partial charge in [0.2, 0.25) is 17.7 Å². The van der Waals surface area contributed by atoms with E-state index in [9.17, 15) is 28.8 Å². The number of carbonyl (C=O) groups is 6. The lowest BCUT2D eigenvalue weighted by atomic mass is 10.1. The molecular weight excluding hydrogens is 623 g/mol. The summed E-state index contributed by atoms with van der Waals surface area (Å²) in [5.74, 6) is -2.91. The minimum absolute atomic E-state index is 0.0293. The van der Waals surface area contributed by atoms with Crippen LogP contribution in [-0.2, 0) is 47.7 Å². The summed E-state index contributed by atoms with van der Waals surface area (Å²) < 4.78 is 20.1. The molecule has 3 aliphatic heterocycles. The predicted octanol–water partition coefficient (Wildman–Crippen LogP) is 1.85. The number of likely N-dealkylation sites (tertiary alicyclic amines) is 2. The first-order valence-corrected chi connectivity index (χ1v) is 22.6. The number of carboxylic acids is 1. The fourth-order valence-corrected chi connectivity index (χ4v) is 5.84. The van der Waals surface area contributed by atoms with Gasteiger partial charge in [-0.3, -0.25) is 28.8 Å². The third-order valence-corrected chi connectivity index (χ3v) is 10.7. The molecule has 0 spiro atoms. The molecule has 0 saturated carbocycles. The molecule has 0 aliphatic carbocycles. The topological polar surface area (TPSA) is 178 Å². The number of aliphatic carboxylic acids is 1. The summed E-state index contributed by atoms with van der Waals surface area (Å²) >= 11 is 0. The molecule has 14 nitrogen and oxygen atoms in total. The molecule has 16 heteroatoms. The maximum atomic E-state index is 11.6. The first-order chi connectivity index (χ1) is 20.9. The number of esters is 2. The van der Waals surface area contributed by atoms with Crippen LogP contribution in [0.4, 0.5) is 0 Å². The molecule has 0 aromatic heterocycles. The molecular formula is C29H53N3O11Si2. The summed E-state index contributed by atoms with van der Waals surface area (Å²) in [6.07, 6.45) is 0.615. The lowest BCUT2D eigenvalue weighted by Crippen LogP contribution is -2.30. The number of amides is 3. The Morgan fingerprint density at radius 1 is 0.733 bits per heavy atom. The molecule has 3 amide bonds. The Labute approximate surface area is 268 Å². The average Bonchev–Trinajstić information content (AvgIpc) is 3.66. The molecule has 45 heavy (non-hydrogen) atoms. The van der Waals surface area contributed by atoms with Gasteiger partial charge in [0, 0.05) is 68.3 Å². The van der Waals surface area contributed by atoms with E-state index in [2.05, 4.69) is 54.1 Å². The Morgan fingerprint density at radius 2 is 1.16 bits per heavy atom. The van der Waals surface area contributed by atoms with Crippen LogP contribution in [0, 0.1) is 17.8 Å². The number of hydrogen-bond donors (Lipinski definition) is 2. The van der Waals surface area contributed by atoms with Crippen molar-refractivity contribution in [1.29, 1.82) is 0 Å². The summed E-state index contributed by atoms with van der Waals surface area (Å²) in [6.45, 7) is 16.6. The van der Waals surface area contributed by atoms with Gasteiger partial charge in [-0.05, 0) is 12.1 Å². The van der Waals surface area contributed by atoms with Crippen LogP contribution >= 0.6 is 0 Å². The third-order valence-electron chi connectivity index (χ3n) is 7.31. The predicted molar refractivity (Wildman–Crippen MR) is 170 cm³/mol. The molecule has 3 unspecified atom stereocenters. The zero-order chi connectivity index (χ0) is 34.4. The minimum Gasteiger partial charge on any atom is -0.481 e. The van der Waals surface area contributed by atoms with Gasteiger partial charge in [0.15, 0.2) is 0 Å². The van der Waals surface area contributed by atoms with E-state index < -0.39 is 28.0 Å². The zero-order valence-corrected chi connectivity index (χ0v) is 30.1. The van der Waals surface area contributed by atoms with E-state index in [-0.39, 0.29) is 80.8 Å². The van der Waals surface area contributed by atoms with E-state index in [1.807, 2.05) is 0 Å². The number of rotatable bonds is 13. The number of methoxy groups -OCH3 is 2. The molecule has 258 valence electrons. The maximum absolute atomic E-state index is 11.6. The van der Waals surface area contributed by atoms with E-state index >= 15 is 0 Å². The highest BCUT2D eigenvalue weighted by Crippen LogP contribution is 2.20. The Hall–Kier alpha value is -2.83. The van der Waals surface area contributed by atoms with E-state index in [0.717, 1.165) is 12.1 Å². The van der Waals surface area contributed by atoms with E-state index in [4.69, 9.17) is 14.6 Å². The van der Waals surface area contributed by atoms with E-state index in [1.54, 1.807) is 4.90 Å². The summed E-state index contributed by atoms with van der Waals surface area (Å²) in [6, 6.07) is 2.13. The second kappa shape index (κ2) is 19.0. The molecule has 3 fully saturated rings. The van der Waals surface area contributed by atoms with Crippen molar-refractivity contribution in [3.63, 3.8) is 0 Å². The van der Waals surface area contributed by atoms with Crippen molar-refractivity contribution in [3.8, 4) is 0 Å². The van der Waals surface area contributed by atoms with Gasteiger partial charge in [0.05, 0.1) is 32.0 Å². The fourth-order valence-electron chi connectivity index (χ4n) is 4.33. The van der Waals surface area contributed by atoms with Crippen LogP contribution in [0.5, 0.6) is 0 Å². The summed E-state index contributed by atoms with van der Waals surface area (Å²) in [5.41, 5.74) is 0. The van der Waals surface area contributed by atoms with Crippen molar-refractivity contribution < 1.29 is 52.8 Å². The Kier molecular flexibility index (Phi) is 17.0. The monoisotopic (exact) mass is 675 g/mol. The van der Waals surface area contributed by atoms with Crippen LogP contribution in [0.3, 0.4) is 0 Å². The van der Waals surface area contributed by atoms with Gasteiger partial charge in [0.1, 0.15) is 13.5 Å². The Morgan fingerprint density at radius 3 is 1.51 bits per heavy atom. The fraction of sp³-hybridized carbons (Fsp3) is 0.793. The highest BCUT2D eigenvalue weighted by Gasteiger charge is 2.35. The van der Waals surface area contributed by atoms with Crippen LogP contribution in [0.15, 0.2) is 0 Å². The smallest absolute Gasteiger partial charge is 0.310 e. The molecule has 0 aromatic rings. The summed E-state index contributed by atoms with van der Waals surface area (Å²) in [4.78, 5) is 69.6. The van der Waals surface area contributed by atoms with Crippen molar-refractivity contribution in [3.05, 3.63) is 0 Å². The molecule has 3 atom stereocenters. The second-order valence-electron chi connectivity index (χ2n) is 13.8. The second-order valence-corrected chi connectivity index (χ2v) is 25.1. The Bertz CT molecular complexity index is 1030. The number of carbonyl (C=O) groups excluding carboxylic acids is 5. The van der Waals surface area contributed by atoms with Crippen LogP contribution in [0.25, 0.3) is 0 Å². The van der Waals surface area contributed by atoms with Gasteiger partial charge in [-0.15, -0.1) is 0 Å². The van der Waals surface area contributed by atoms with Crippen LogP contribution < -0.4 is 5.32 Å². The van der Waals surface area contributed by atoms with E-state index in [0.29, 0.717) is 26.3 Å².